The van der Waals surface area contributed by atoms with Crippen molar-refractivity contribution < 1.29 is 24.0 Å². The van der Waals surface area contributed by atoms with Crippen LogP contribution in [0.15, 0.2) is 10.6 Å². The van der Waals surface area contributed by atoms with Gasteiger partial charge in [0, 0.05) is 6.42 Å². The van der Waals surface area contributed by atoms with E-state index >= 15 is 0 Å². The second kappa shape index (κ2) is 6.35. The summed E-state index contributed by atoms with van der Waals surface area (Å²) in [5.74, 6) is -0.986. The number of aryl methyl sites for hydroxylation is 1. The van der Waals surface area contributed by atoms with Gasteiger partial charge in [-0.2, -0.15) is 4.98 Å². The summed E-state index contributed by atoms with van der Waals surface area (Å²) in [6.45, 7) is 1.98. The van der Waals surface area contributed by atoms with Gasteiger partial charge in [-0.1, -0.05) is 5.16 Å². The van der Waals surface area contributed by atoms with Crippen LogP contribution in [0.2, 0.25) is 0 Å². The number of carboxylic acid groups (broad SMARTS) is 1. The molecule has 2 rings (SSSR count). The van der Waals surface area contributed by atoms with E-state index in [1.54, 1.807) is 6.92 Å². The van der Waals surface area contributed by atoms with E-state index in [4.69, 9.17) is 20.1 Å². The summed E-state index contributed by atoms with van der Waals surface area (Å²) in [7, 11) is 0. The minimum atomic E-state index is -0.950. The molecule has 0 spiro atoms. The van der Waals surface area contributed by atoms with Crippen molar-refractivity contribution in [2.75, 3.05) is 12.3 Å². The number of nitrogens with two attached hydrogens (primary N) is 1. The fraction of sp³-hybridized carbons (Fsp3) is 0.333. The van der Waals surface area contributed by atoms with E-state index in [2.05, 4.69) is 10.1 Å². The third-order valence-electron chi connectivity index (χ3n) is 2.50. The number of hydrogen-bond acceptors (Lipinski definition) is 8. The first-order chi connectivity index (χ1) is 10.0. The minimum Gasteiger partial charge on any atom is -0.481 e. The summed E-state index contributed by atoms with van der Waals surface area (Å²) < 4.78 is 9.84. The Morgan fingerprint density at radius 2 is 2.29 bits per heavy atom. The van der Waals surface area contributed by atoms with Crippen LogP contribution in [0.25, 0.3) is 11.4 Å². The Morgan fingerprint density at radius 1 is 1.52 bits per heavy atom. The lowest BCUT2D eigenvalue weighted by Gasteiger charge is -1.95. The fourth-order valence-corrected chi connectivity index (χ4v) is 2.38. The van der Waals surface area contributed by atoms with Crippen LogP contribution in [0.4, 0.5) is 5.00 Å². The molecule has 2 aromatic rings. The predicted molar refractivity (Wildman–Crippen MR) is 73.9 cm³/mol. The van der Waals surface area contributed by atoms with Crippen molar-refractivity contribution in [3.05, 3.63) is 16.8 Å². The normalized spacial score (nSPS) is 10.5. The molecule has 0 aliphatic heterocycles. The van der Waals surface area contributed by atoms with Crippen molar-refractivity contribution >= 4 is 28.3 Å². The van der Waals surface area contributed by atoms with Crippen LogP contribution >= 0.6 is 11.3 Å². The van der Waals surface area contributed by atoms with Crippen molar-refractivity contribution in [3.63, 3.8) is 0 Å². The second-order valence-corrected chi connectivity index (χ2v) is 5.10. The Labute approximate surface area is 123 Å². The summed E-state index contributed by atoms with van der Waals surface area (Å²) in [6.07, 6.45) is 0.0337. The molecular weight excluding hydrogens is 298 g/mol. The predicted octanol–water partition coefficient (Wildman–Crippen LogP) is 1.57. The van der Waals surface area contributed by atoms with Crippen LogP contribution in [0.1, 0.15) is 28.9 Å². The molecule has 0 aliphatic rings. The molecule has 21 heavy (non-hydrogen) atoms. The average molecular weight is 311 g/mol. The van der Waals surface area contributed by atoms with Crippen LogP contribution in [0.5, 0.6) is 0 Å². The van der Waals surface area contributed by atoms with E-state index < -0.39 is 11.9 Å². The zero-order chi connectivity index (χ0) is 15.4. The van der Waals surface area contributed by atoms with Gasteiger partial charge < -0.3 is 20.1 Å². The molecule has 0 aromatic carbocycles. The number of thiophene rings is 1. The van der Waals surface area contributed by atoms with Crippen LogP contribution in [0, 0.1) is 0 Å². The van der Waals surface area contributed by atoms with Crippen molar-refractivity contribution in [3.8, 4) is 11.4 Å². The number of hydrogen-bond donors (Lipinski definition) is 2. The molecule has 0 aliphatic carbocycles. The molecule has 0 radical (unpaired) electrons. The fourth-order valence-electron chi connectivity index (χ4n) is 1.56. The number of carboxylic acids is 1. The standard InChI is InChI=1S/C12H13N3O5S/c1-2-19-12(18)7-5-6(10(13)21-7)11-14-8(20-15-11)3-4-9(16)17/h5H,2-4,13H2,1H3,(H,16,17). The lowest BCUT2D eigenvalue weighted by Crippen LogP contribution is -2.01. The Bertz CT molecular complexity index is 664. The van der Waals surface area contributed by atoms with Gasteiger partial charge in [-0.25, -0.2) is 4.79 Å². The number of anilines is 1. The van der Waals surface area contributed by atoms with Gasteiger partial charge in [0.15, 0.2) is 0 Å². The van der Waals surface area contributed by atoms with E-state index in [9.17, 15) is 9.59 Å². The van der Waals surface area contributed by atoms with Gasteiger partial charge in [0.05, 0.1) is 23.6 Å². The molecule has 0 unspecified atom stereocenters. The highest BCUT2D eigenvalue weighted by Gasteiger charge is 2.19. The van der Waals surface area contributed by atoms with Crippen LogP contribution in [-0.2, 0) is 16.0 Å². The van der Waals surface area contributed by atoms with Gasteiger partial charge in [0.2, 0.25) is 11.7 Å². The number of rotatable bonds is 6. The summed E-state index contributed by atoms with van der Waals surface area (Å²) >= 11 is 1.07. The first kappa shape index (κ1) is 15.0. The van der Waals surface area contributed by atoms with Crippen molar-refractivity contribution in [2.24, 2.45) is 0 Å². The van der Waals surface area contributed by atoms with Gasteiger partial charge in [-0.3, -0.25) is 4.79 Å². The first-order valence-electron chi connectivity index (χ1n) is 6.12. The number of nitrogens with zero attached hydrogens (tertiary/aromatic N) is 2. The van der Waals surface area contributed by atoms with Gasteiger partial charge in [-0.05, 0) is 13.0 Å². The first-order valence-corrected chi connectivity index (χ1v) is 6.94. The molecule has 9 heteroatoms. The number of ether oxygens (including phenoxy) is 1. The van der Waals surface area contributed by atoms with E-state index in [0.29, 0.717) is 15.4 Å². The van der Waals surface area contributed by atoms with Crippen molar-refractivity contribution in [1.29, 1.82) is 0 Å². The van der Waals surface area contributed by atoms with Gasteiger partial charge >= 0.3 is 11.9 Å². The van der Waals surface area contributed by atoms with Crippen molar-refractivity contribution in [2.45, 2.75) is 19.8 Å². The molecule has 0 saturated carbocycles. The Kier molecular flexibility index (Phi) is 4.53. The second-order valence-electron chi connectivity index (χ2n) is 4.01. The molecular formula is C12H13N3O5S. The maximum Gasteiger partial charge on any atom is 0.348 e. The van der Waals surface area contributed by atoms with Gasteiger partial charge in [0.25, 0.3) is 0 Å². The minimum absolute atomic E-state index is 0.102. The Morgan fingerprint density at radius 3 is 2.95 bits per heavy atom. The lowest BCUT2D eigenvalue weighted by molar-refractivity contribution is -0.137. The molecule has 0 atom stereocenters. The Hall–Kier alpha value is -2.42. The highest BCUT2D eigenvalue weighted by atomic mass is 32.1. The SMILES string of the molecule is CCOC(=O)c1cc(-c2noc(CCC(=O)O)n2)c(N)s1. The molecule has 0 bridgehead atoms. The maximum absolute atomic E-state index is 11.6. The molecule has 0 fully saturated rings. The van der Waals surface area contributed by atoms with Crippen LogP contribution in [-0.4, -0.2) is 33.8 Å². The zero-order valence-electron chi connectivity index (χ0n) is 11.2. The van der Waals surface area contributed by atoms with Crippen LogP contribution in [0.3, 0.4) is 0 Å². The largest absolute Gasteiger partial charge is 0.481 e. The topological polar surface area (TPSA) is 129 Å². The van der Waals surface area contributed by atoms with Crippen molar-refractivity contribution in [1.82, 2.24) is 10.1 Å². The number of carbonyl (C=O) groups is 2. The highest BCUT2D eigenvalue weighted by Crippen LogP contribution is 2.32. The van der Waals surface area contributed by atoms with Gasteiger partial charge in [-0.15, -0.1) is 11.3 Å². The molecule has 112 valence electrons. The molecule has 8 nitrogen and oxygen atoms in total. The number of nitrogen functional groups attached to an aromatic ring is 1. The summed E-state index contributed by atoms with van der Waals surface area (Å²) in [5, 5.41) is 12.7. The molecule has 2 heterocycles. The van der Waals surface area contributed by atoms with E-state index in [-0.39, 0.29) is 31.2 Å². The quantitative estimate of drug-likeness (QED) is 0.769. The zero-order valence-corrected chi connectivity index (χ0v) is 12.0. The van der Waals surface area contributed by atoms with E-state index in [1.807, 2.05) is 0 Å². The Balaban J connectivity index is 2.18. The average Bonchev–Trinajstić information content (AvgIpc) is 3.03. The van der Waals surface area contributed by atoms with Gasteiger partial charge in [0.1, 0.15) is 4.88 Å². The van der Waals surface area contributed by atoms with E-state index in [1.165, 1.54) is 6.07 Å². The molecule has 2 aromatic heterocycles. The number of aromatic nitrogens is 2. The monoisotopic (exact) mass is 311 g/mol. The maximum atomic E-state index is 11.6. The lowest BCUT2D eigenvalue weighted by atomic mass is 10.2. The molecule has 0 amide bonds. The third-order valence-corrected chi connectivity index (χ3v) is 3.44. The summed E-state index contributed by atoms with van der Waals surface area (Å²) in [6, 6.07) is 1.53. The molecule has 3 N–H and O–H groups in total. The third kappa shape index (κ3) is 3.57. The number of aliphatic carboxylic acids is 1. The summed E-state index contributed by atoms with van der Waals surface area (Å²) in [4.78, 5) is 26.5. The van der Waals surface area contributed by atoms with E-state index in [0.717, 1.165) is 11.3 Å². The number of esters is 1. The smallest absolute Gasteiger partial charge is 0.348 e. The van der Waals surface area contributed by atoms with Crippen LogP contribution < -0.4 is 5.73 Å². The highest BCUT2D eigenvalue weighted by molar-refractivity contribution is 7.18. The molecule has 0 saturated heterocycles. The number of carbonyl (C=O) groups excluding carboxylic acids is 1. The summed E-state index contributed by atoms with van der Waals surface area (Å²) in [5.41, 5.74) is 6.30.